The summed E-state index contributed by atoms with van der Waals surface area (Å²) < 4.78 is 12.1. The van der Waals surface area contributed by atoms with Gasteiger partial charge in [0.05, 0.1) is 28.8 Å². The highest BCUT2D eigenvalue weighted by molar-refractivity contribution is 7.99. The molecule has 1 N–H and O–H groups in total. The van der Waals surface area contributed by atoms with E-state index in [4.69, 9.17) is 32.7 Å². The Morgan fingerprint density at radius 1 is 1.22 bits per heavy atom. The van der Waals surface area contributed by atoms with Crippen LogP contribution in [0.2, 0.25) is 10.0 Å². The third-order valence-electron chi connectivity index (χ3n) is 4.52. The second kappa shape index (κ2) is 11.6. The standard InChI is InChI=1S/C22H23Cl2N3O4S/c1-3-31-10-4-9-27-21(29)16-7-5-14(23)11-18(16)26-22(27)32-13-20(28)25-15-6-8-19(30-2)17(24)12-15/h5-8,11-12H,3-4,9-10,13H2,1-2H3,(H,25,28). The summed E-state index contributed by atoms with van der Waals surface area (Å²) in [6, 6.07) is 9.97. The van der Waals surface area contributed by atoms with Gasteiger partial charge in [-0.3, -0.25) is 14.2 Å². The van der Waals surface area contributed by atoms with Gasteiger partial charge >= 0.3 is 0 Å². The van der Waals surface area contributed by atoms with Crippen LogP contribution in [-0.4, -0.2) is 41.5 Å². The van der Waals surface area contributed by atoms with E-state index < -0.39 is 0 Å². The Labute approximate surface area is 200 Å². The van der Waals surface area contributed by atoms with E-state index in [1.807, 2.05) is 6.92 Å². The fourth-order valence-electron chi connectivity index (χ4n) is 3.02. The van der Waals surface area contributed by atoms with E-state index in [1.54, 1.807) is 41.0 Å². The predicted molar refractivity (Wildman–Crippen MR) is 129 cm³/mol. The molecule has 0 bridgehead atoms. The molecule has 0 radical (unpaired) electrons. The smallest absolute Gasteiger partial charge is 0.262 e. The zero-order chi connectivity index (χ0) is 23.1. The number of anilines is 1. The van der Waals surface area contributed by atoms with Crippen molar-refractivity contribution < 1.29 is 14.3 Å². The number of fused-ring (bicyclic) bond motifs is 1. The average Bonchev–Trinajstić information content (AvgIpc) is 2.76. The second-order valence-electron chi connectivity index (χ2n) is 6.75. The minimum atomic E-state index is -0.252. The van der Waals surface area contributed by atoms with Gasteiger partial charge in [0.1, 0.15) is 5.75 Å². The van der Waals surface area contributed by atoms with Crippen LogP contribution in [0.1, 0.15) is 13.3 Å². The van der Waals surface area contributed by atoms with Crippen molar-refractivity contribution >= 4 is 57.5 Å². The van der Waals surface area contributed by atoms with Crippen molar-refractivity contribution in [3.05, 3.63) is 56.8 Å². The number of nitrogens with zero attached hydrogens (tertiary/aromatic N) is 2. The molecule has 0 aliphatic carbocycles. The number of ether oxygens (including phenoxy) is 2. The van der Waals surface area contributed by atoms with Crippen LogP contribution in [0.3, 0.4) is 0 Å². The molecule has 0 aliphatic rings. The quantitative estimate of drug-likeness (QED) is 0.245. The van der Waals surface area contributed by atoms with Crippen molar-refractivity contribution in [2.45, 2.75) is 25.0 Å². The molecule has 32 heavy (non-hydrogen) atoms. The van der Waals surface area contributed by atoms with Crippen LogP contribution in [-0.2, 0) is 16.1 Å². The maximum absolute atomic E-state index is 13.1. The van der Waals surface area contributed by atoms with Gasteiger partial charge in [-0.1, -0.05) is 35.0 Å². The number of hydrogen-bond donors (Lipinski definition) is 1. The molecule has 0 saturated carbocycles. The lowest BCUT2D eigenvalue weighted by Gasteiger charge is -2.13. The van der Waals surface area contributed by atoms with Crippen molar-refractivity contribution in [2.24, 2.45) is 0 Å². The third-order valence-corrected chi connectivity index (χ3v) is 6.03. The van der Waals surface area contributed by atoms with E-state index in [1.165, 1.54) is 18.9 Å². The molecule has 0 saturated heterocycles. The van der Waals surface area contributed by atoms with Crippen molar-refractivity contribution in [3.63, 3.8) is 0 Å². The molecule has 0 spiro atoms. The predicted octanol–water partition coefficient (Wildman–Crippen LogP) is 4.87. The molecule has 3 aromatic rings. The number of thioether (sulfide) groups is 1. The molecule has 0 fully saturated rings. The number of carbonyl (C=O) groups is 1. The van der Waals surface area contributed by atoms with Gasteiger partial charge in [0.15, 0.2) is 5.16 Å². The molecule has 1 amide bonds. The molecule has 1 aromatic heterocycles. The maximum atomic E-state index is 13.1. The fourth-order valence-corrected chi connectivity index (χ4v) is 4.27. The summed E-state index contributed by atoms with van der Waals surface area (Å²) in [6.07, 6.45) is 0.651. The van der Waals surface area contributed by atoms with Gasteiger partial charge in [-0.2, -0.15) is 0 Å². The van der Waals surface area contributed by atoms with Crippen LogP contribution in [0.4, 0.5) is 5.69 Å². The highest BCUT2D eigenvalue weighted by Gasteiger charge is 2.14. The number of amides is 1. The van der Waals surface area contributed by atoms with Gasteiger partial charge in [-0.05, 0) is 49.7 Å². The van der Waals surface area contributed by atoms with Gasteiger partial charge in [0.25, 0.3) is 5.56 Å². The number of aromatic nitrogens is 2. The van der Waals surface area contributed by atoms with E-state index in [2.05, 4.69) is 10.3 Å². The average molecular weight is 496 g/mol. The zero-order valence-electron chi connectivity index (χ0n) is 17.7. The van der Waals surface area contributed by atoms with Crippen molar-refractivity contribution in [1.82, 2.24) is 9.55 Å². The Morgan fingerprint density at radius 2 is 2.03 bits per heavy atom. The number of benzene rings is 2. The maximum Gasteiger partial charge on any atom is 0.262 e. The second-order valence-corrected chi connectivity index (χ2v) is 8.54. The Kier molecular flexibility index (Phi) is 8.81. The molecule has 1 heterocycles. The molecule has 2 aromatic carbocycles. The van der Waals surface area contributed by atoms with Crippen LogP contribution >= 0.6 is 35.0 Å². The van der Waals surface area contributed by atoms with Gasteiger partial charge < -0.3 is 14.8 Å². The SMILES string of the molecule is CCOCCCn1c(SCC(=O)Nc2ccc(OC)c(Cl)c2)nc2cc(Cl)ccc2c1=O. The monoisotopic (exact) mass is 495 g/mol. The first-order valence-corrected chi connectivity index (χ1v) is 11.7. The van der Waals surface area contributed by atoms with Gasteiger partial charge in [0, 0.05) is 30.5 Å². The number of nitrogens with one attached hydrogen (secondary N) is 1. The Hall–Kier alpha value is -2.26. The Bertz CT molecular complexity index is 1170. The molecular weight excluding hydrogens is 473 g/mol. The molecular formula is C22H23Cl2N3O4S. The number of methoxy groups -OCH3 is 1. The van der Waals surface area contributed by atoms with Crippen molar-refractivity contribution in [3.8, 4) is 5.75 Å². The van der Waals surface area contributed by atoms with Gasteiger partial charge in [-0.15, -0.1) is 0 Å². The lowest BCUT2D eigenvalue weighted by atomic mass is 10.2. The summed E-state index contributed by atoms with van der Waals surface area (Å²) in [7, 11) is 1.52. The topological polar surface area (TPSA) is 82.4 Å². The van der Waals surface area contributed by atoms with Gasteiger partial charge in [0.2, 0.25) is 5.91 Å². The number of carbonyl (C=O) groups excluding carboxylic acids is 1. The highest BCUT2D eigenvalue weighted by atomic mass is 35.5. The lowest BCUT2D eigenvalue weighted by Crippen LogP contribution is -2.25. The summed E-state index contributed by atoms with van der Waals surface area (Å²) in [4.78, 5) is 30.2. The Balaban J connectivity index is 1.78. The highest BCUT2D eigenvalue weighted by Crippen LogP contribution is 2.27. The van der Waals surface area contributed by atoms with Crippen LogP contribution < -0.4 is 15.6 Å². The van der Waals surface area contributed by atoms with E-state index >= 15 is 0 Å². The molecule has 3 rings (SSSR count). The largest absolute Gasteiger partial charge is 0.495 e. The summed E-state index contributed by atoms with van der Waals surface area (Å²) in [6.45, 7) is 3.50. The number of hydrogen-bond acceptors (Lipinski definition) is 6. The van der Waals surface area contributed by atoms with E-state index in [9.17, 15) is 9.59 Å². The summed E-state index contributed by atoms with van der Waals surface area (Å²) in [5, 5.41) is 4.60. The number of halogens is 2. The summed E-state index contributed by atoms with van der Waals surface area (Å²) in [5.74, 6) is 0.333. The third kappa shape index (κ3) is 6.16. The fraction of sp³-hybridized carbons (Fsp3) is 0.318. The summed E-state index contributed by atoms with van der Waals surface area (Å²) >= 11 is 13.4. The molecule has 0 unspecified atom stereocenters. The molecule has 0 atom stereocenters. The number of rotatable bonds is 10. The minimum absolute atomic E-state index is 0.0631. The zero-order valence-corrected chi connectivity index (χ0v) is 20.0. The molecule has 7 nitrogen and oxygen atoms in total. The molecule has 0 aliphatic heterocycles. The minimum Gasteiger partial charge on any atom is -0.495 e. The van der Waals surface area contributed by atoms with E-state index in [0.29, 0.717) is 63.7 Å². The van der Waals surface area contributed by atoms with Crippen LogP contribution in [0, 0.1) is 0 Å². The van der Waals surface area contributed by atoms with E-state index in [0.717, 1.165) is 0 Å². The summed E-state index contributed by atoms with van der Waals surface area (Å²) in [5.41, 5.74) is 0.871. The van der Waals surface area contributed by atoms with Crippen molar-refractivity contribution in [2.75, 3.05) is 31.4 Å². The van der Waals surface area contributed by atoms with E-state index in [-0.39, 0.29) is 17.2 Å². The van der Waals surface area contributed by atoms with Crippen LogP contribution in [0.25, 0.3) is 10.9 Å². The Morgan fingerprint density at radius 3 is 2.75 bits per heavy atom. The molecule has 10 heteroatoms. The normalized spacial score (nSPS) is 11.0. The first-order valence-electron chi connectivity index (χ1n) is 9.97. The van der Waals surface area contributed by atoms with Crippen LogP contribution in [0.5, 0.6) is 5.75 Å². The first-order chi connectivity index (χ1) is 15.4. The van der Waals surface area contributed by atoms with Crippen LogP contribution in [0.15, 0.2) is 46.3 Å². The molecule has 170 valence electrons. The first kappa shape index (κ1) is 24.4. The lowest BCUT2D eigenvalue weighted by molar-refractivity contribution is -0.113. The van der Waals surface area contributed by atoms with Gasteiger partial charge in [-0.25, -0.2) is 4.98 Å². The van der Waals surface area contributed by atoms with Crippen molar-refractivity contribution in [1.29, 1.82) is 0 Å².